The smallest absolute Gasteiger partial charge is 0.220 e. The molecule has 246 valence electrons. The Bertz CT molecular complexity index is 678. The molecule has 0 heterocycles. The van der Waals surface area contributed by atoms with Crippen LogP contribution in [0.2, 0.25) is 0 Å². The number of carbonyl (C=O) groups is 2. The van der Waals surface area contributed by atoms with Gasteiger partial charge in [0.05, 0.1) is 18.8 Å². The minimum Gasteiger partial charge on any atom is -0.394 e. The first-order valence-electron chi connectivity index (χ1n) is 17.6. The van der Waals surface area contributed by atoms with Gasteiger partial charge in [0.2, 0.25) is 5.91 Å². The van der Waals surface area contributed by atoms with E-state index in [9.17, 15) is 24.9 Å². The molecule has 0 spiro atoms. The van der Waals surface area contributed by atoms with Crippen molar-refractivity contribution in [2.75, 3.05) is 6.61 Å². The predicted molar refractivity (Wildman–Crippen MR) is 176 cm³/mol. The second kappa shape index (κ2) is 30.9. The van der Waals surface area contributed by atoms with Crippen LogP contribution in [0.15, 0.2) is 24.3 Å². The molecule has 0 fully saturated rings. The van der Waals surface area contributed by atoms with E-state index in [2.05, 4.69) is 25.2 Å². The number of hydrogen-bond acceptors (Lipinski definition) is 5. The average Bonchev–Trinajstić information content (AvgIpc) is 2.98. The van der Waals surface area contributed by atoms with Crippen molar-refractivity contribution < 1.29 is 24.9 Å². The molecule has 0 aromatic carbocycles. The van der Waals surface area contributed by atoms with Crippen LogP contribution in [0.4, 0.5) is 0 Å². The van der Waals surface area contributed by atoms with Crippen molar-refractivity contribution >= 4 is 11.7 Å². The fourth-order valence-electron chi connectivity index (χ4n) is 5.20. The van der Waals surface area contributed by atoms with E-state index in [1.807, 2.05) is 12.2 Å². The molecule has 0 saturated carbocycles. The number of allylic oxidation sites excluding steroid dienone is 4. The van der Waals surface area contributed by atoms with Crippen molar-refractivity contribution in [2.45, 2.75) is 186 Å². The molecule has 42 heavy (non-hydrogen) atoms. The summed E-state index contributed by atoms with van der Waals surface area (Å²) in [4.78, 5) is 24.0. The maximum atomic E-state index is 12.3. The van der Waals surface area contributed by atoms with E-state index in [1.54, 1.807) is 6.08 Å². The Balaban J connectivity index is 3.81. The number of ketones is 1. The highest BCUT2D eigenvalue weighted by Gasteiger charge is 2.26. The summed E-state index contributed by atoms with van der Waals surface area (Å²) in [5, 5.41) is 33.2. The highest BCUT2D eigenvalue weighted by Crippen LogP contribution is 2.15. The van der Waals surface area contributed by atoms with Crippen molar-refractivity contribution in [1.29, 1.82) is 0 Å². The maximum absolute atomic E-state index is 12.3. The Morgan fingerprint density at radius 3 is 1.74 bits per heavy atom. The average molecular weight is 594 g/mol. The van der Waals surface area contributed by atoms with E-state index < -0.39 is 24.9 Å². The molecular formula is C36H67NO5. The monoisotopic (exact) mass is 594 g/mol. The van der Waals surface area contributed by atoms with Crippen LogP contribution in [0.5, 0.6) is 0 Å². The normalized spacial score (nSPS) is 14.0. The second-order valence-electron chi connectivity index (χ2n) is 12.1. The summed E-state index contributed by atoms with van der Waals surface area (Å²) in [5.74, 6) is 0.00701. The van der Waals surface area contributed by atoms with Crippen molar-refractivity contribution in [2.24, 2.45) is 0 Å². The van der Waals surface area contributed by atoms with Gasteiger partial charge in [-0.1, -0.05) is 141 Å². The van der Waals surface area contributed by atoms with Gasteiger partial charge in [-0.3, -0.25) is 9.59 Å². The molecule has 4 N–H and O–H groups in total. The lowest BCUT2D eigenvalue weighted by atomic mass is 9.99. The molecule has 1 amide bonds. The minimum absolute atomic E-state index is 0.190. The Morgan fingerprint density at radius 2 is 1.14 bits per heavy atom. The minimum atomic E-state index is -1.16. The summed E-state index contributed by atoms with van der Waals surface area (Å²) in [6, 6.07) is -0.836. The van der Waals surface area contributed by atoms with Gasteiger partial charge in [-0.05, 0) is 38.2 Å². The molecule has 2 unspecified atom stereocenters. The van der Waals surface area contributed by atoms with Gasteiger partial charge in [-0.2, -0.15) is 0 Å². The van der Waals surface area contributed by atoms with Crippen LogP contribution < -0.4 is 5.32 Å². The van der Waals surface area contributed by atoms with Crippen LogP contribution in [-0.4, -0.2) is 51.9 Å². The molecule has 0 radical (unpaired) electrons. The molecule has 6 heteroatoms. The zero-order valence-electron chi connectivity index (χ0n) is 27.4. The molecule has 6 nitrogen and oxygen atoms in total. The fraction of sp³-hybridized carbons (Fsp3) is 0.833. The Morgan fingerprint density at radius 1 is 0.643 bits per heavy atom. The molecule has 0 aromatic heterocycles. The first-order chi connectivity index (χ1) is 20.5. The van der Waals surface area contributed by atoms with Crippen LogP contribution in [0, 0.1) is 0 Å². The van der Waals surface area contributed by atoms with Gasteiger partial charge >= 0.3 is 0 Å². The van der Waals surface area contributed by atoms with E-state index in [4.69, 9.17) is 0 Å². The molecule has 0 rings (SSSR count). The third kappa shape index (κ3) is 26.2. The van der Waals surface area contributed by atoms with E-state index in [-0.39, 0.29) is 11.7 Å². The maximum Gasteiger partial charge on any atom is 0.220 e. The van der Waals surface area contributed by atoms with Gasteiger partial charge in [0.1, 0.15) is 6.10 Å². The number of aliphatic hydroxyl groups excluding tert-OH is 3. The van der Waals surface area contributed by atoms with Crippen molar-refractivity contribution in [1.82, 2.24) is 5.32 Å². The number of aliphatic hydroxyl groups is 3. The zero-order valence-corrected chi connectivity index (χ0v) is 27.4. The van der Waals surface area contributed by atoms with E-state index in [0.717, 1.165) is 77.0 Å². The summed E-state index contributed by atoms with van der Waals surface area (Å²) < 4.78 is 0. The van der Waals surface area contributed by atoms with Gasteiger partial charge in [-0.15, -0.1) is 0 Å². The summed E-state index contributed by atoms with van der Waals surface area (Å²) in [7, 11) is 0. The van der Waals surface area contributed by atoms with Crippen molar-refractivity contribution in [3.05, 3.63) is 24.3 Å². The Kier molecular flexibility index (Phi) is 29.8. The molecule has 0 aliphatic rings. The van der Waals surface area contributed by atoms with Crippen LogP contribution >= 0.6 is 0 Å². The van der Waals surface area contributed by atoms with E-state index >= 15 is 0 Å². The highest BCUT2D eigenvalue weighted by atomic mass is 16.3. The molecule has 3 atom stereocenters. The van der Waals surface area contributed by atoms with E-state index in [1.165, 1.54) is 57.8 Å². The van der Waals surface area contributed by atoms with Gasteiger partial charge in [-0.25, -0.2) is 0 Å². The van der Waals surface area contributed by atoms with E-state index in [0.29, 0.717) is 19.3 Å². The highest BCUT2D eigenvalue weighted by molar-refractivity contribution is 5.89. The fourth-order valence-corrected chi connectivity index (χ4v) is 5.20. The lowest BCUT2D eigenvalue weighted by molar-refractivity contribution is -0.124. The van der Waals surface area contributed by atoms with Gasteiger partial charge in [0.25, 0.3) is 0 Å². The lowest BCUT2D eigenvalue weighted by Crippen LogP contribution is -2.50. The summed E-state index contributed by atoms with van der Waals surface area (Å²) >= 11 is 0. The summed E-state index contributed by atoms with van der Waals surface area (Å²) in [6.07, 6.45) is 31.0. The summed E-state index contributed by atoms with van der Waals surface area (Å²) in [5.41, 5.74) is 0. The number of rotatable bonds is 31. The predicted octanol–water partition coefficient (Wildman–Crippen LogP) is 8.27. The van der Waals surface area contributed by atoms with Crippen LogP contribution in [0.25, 0.3) is 0 Å². The van der Waals surface area contributed by atoms with Gasteiger partial charge < -0.3 is 20.6 Å². The lowest BCUT2D eigenvalue weighted by Gasteiger charge is -2.26. The summed E-state index contributed by atoms with van der Waals surface area (Å²) in [6.45, 7) is 3.99. The Hall–Kier alpha value is -1.50. The molecule has 0 aliphatic heterocycles. The quantitative estimate of drug-likeness (QED) is 0.0368. The van der Waals surface area contributed by atoms with Gasteiger partial charge in [0, 0.05) is 12.8 Å². The third-order valence-electron chi connectivity index (χ3n) is 8.03. The number of nitrogens with one attached hydrogen (secondary N) is 1. The topological polar surface area (TPSA) is 107 Å². The SMILES string of the molecule is CCCCCCCCCCCCCCC(O)C(O)[C@H](CO)NC(=O)CCCCCCC/C=C\C=C\C(=O)CCCCC. The first-order valence-corrected chi connectivity index (χ1v) is 17.6. The van der Waals surface area contributed by atoms with Crippen LogP contribution in [-0.2, 0) is 9.59 Å². The number of amides is 1. The zero-order chi connectivity index (χ0) is 31.1. The van der Waals surface area contributed by atoms with Crippen molar-refractivity contribution in [3.63, 3.8) is 0 Å². The standard InChI is InChI=1S/C36H67NO5/c1-3-5-7-8-9-10-11-12-15-18-21-25-29-34(40)36(42)33(31-38)37-35(41)30-26-22-19-16-13-14-17-20-24-28-32(39)27-23-6-4-2/h17,20,24,28,33-34,36,38,40,42H,3-16,18-19,21-23,25-27,29-31H2,1-2H3,(H,37,41)/b20-17-,28-24+/t33-,34?,36?/m0/s1. The molecule has 0 aliphatic carbocycles. The van der Waals surface area contributed by atoms with Gasteiger partial charge in [0.15, 0.2) is 5.78 Å². The Labute approximate surface area is 258 Å². The van der Waals surface area contributed by atoms with Crippen LogP contribution in [0.1, 0.15) is 168 Å². The molecule has 0 bridgehead atoms. The third-order valence-corrected chi connectivity index (χ3v) is 8.03. The second-order valence-corrected chi connectivity index (χ2v) is 12.1. The molecule has 0 aromatic rings. The number of unbranched alkanes of at least 4 members (excludes halogenated alkanes) is 18. The molecular weight excluding hydrogens is 526 g/mol. The number of hydrogen-bond donors (Lipinski definition) is 4. The first kappa shape index (κ1) is 40.5. The molecule has 0 saturated heterocycles. The van der Waals surface area contributed by atoms with Crippen molar-refractivity contribution in [3.8, 4) is 0 Å². The van der Waals surface area contributed by atoms with Crippen LogP contribution in [0.3, 0.4) is 0 Å². The largest absolute Gasteiger partial charge is 0.394 e. The number of carbonyl (C=O) groups excluding carboxylic acids is 2.